The molecule has 1 fully saturated rings. The highest BCUT2D eigenvalue weighted by Crippen LogP contribution is 2.34. The summed E-state index contributed by atoms with van der Waals surface area (Å²) >= 11 is 0. The molecular weight excluding hydrogens is 489 g/mol. The van der Waals surface area contributed by atoms with E-state index in [1.807, 2.05) is 25.4 Å². The maximum atomic E-state index is 14.5. The number of aliphatic hydroxyl groups is 2. The van der Waals surface area contributed by atoms with Crippen molar-refractivity contribution < 1.29 is 24.0 Å². The Labute approximate surface area is 219 Å². The second-order valence-corrected chi connectivity index (χ2v) is 9.51. The van der Waals surface area contributed by atoms with Gasteiger partial charge in [0.25, 0.3) is 0 Å². The van der Waals surface area contributed by atoms with Gasteiger partial charge in [0.15, 0.2) is 11.9 Å². The lowest BCUT2D eigenvalue weighted by Gasteiger charge is -2.26. The molecule has 3 heterocycles. The van der Waals surface area contributed by atoms with Crippen LogP contribution in [0.2, 0.25) is 0 Å². The smallest absolute Gasteiger partial charge is 0.244 e. The van der Waals surface area contributed by atoms with Gasteiger partial charge in [0.2, 0.25) is 11.2 Å². The van der Waals surface area contributed by atoms with Crippen molar-refractivity contribution in [1.29, 1.82) is 0 Å². The van der Waals surface area contributed by atoms with Crippen LogP contribution in [0.3, 0.4) is 0 Å². The SMILES string of the molecule is [C-]#[N+]c1cccc(OC2CCC([n+]3[nH]c(-c4cnn(C[C@H](O)CO)c4)c4cnc(NCC)cc43)CC2)c1F. The number of pyridine rings is 1. The Hall–Kier alpha value is -4.01. The Morgan fingerprint density at radius 2 is 2.13 bits per heavy atom. The first-order chi connectivity index (χ1) is 18.5. The predicted octanol–water partition coefficient (Wildman–Crippen LogP) is 3.75. The number of nitrogens with one attached hydrogen (secondary N) is 2. The summed E-state index contributed by atoms with van der Waals surface area (Å²) in [5.41, 5.74) is 2.70. The fourth-order valence-electron chi connectivity index (χ4n) is 5.01. The lowest BCUT2D eigenvalue weighted by atomic mass is 9.93. The van der Waals surface area contributed by atoms with Gasteiger partial charge >= 0.3 is 0 Å². The molecule has 198 valence electrons. The van der Waals surface area contributed by atoms with E-state index in [9.17, 15) is 9.50 Å². The third-order valence-corrected chi connectivity index (χ3v) is 6.90. The van der Waals surface area contributed by atoms with E-state index in [1.54, 1.807) is 23.0 Å². The zero-order chi connectivity index (χ0) is 26.6. The Morgan fingerprint density at radius 3 is 2.87 bits per heavy atom. The van der Waals surface area contributed by atoms with Crippen molar-refractivity contribution in [3.8, 4) is 17.0 Å². The second kappa shape index (κ2) is 11.2. The van der Waals surface area contributed by atoms with Crippen LogP contribution in [0.1, 0.15) is 38.6 Å². The summed E-state index contributed by atoms with van der Waals surface area (Å²) in [5, 5.41) is 31.1. The lowest BCUT2D eigenvalue weighted by molar-refractivity contribution is -0.753. The van der Waals surface area contributed by atoms with Crippen molar-refractivity contribution >= 4 is 22.4 Å². The first-order valence-corrected chi connectivity index (χ1v) is 12.8. The first-order valence-electron chi connectivity index (χ1n) is 12.8. The van der Waals surface area contributed by atoms with Crippen LogP contribution >= 0.6 is 0 Å². The van der Waals surface area contributed by atoms with Crippen molar-refractivity contribution in [2.45, 2.75) is 57.4 Å². The fourth-order valence-corrected chi connectivity index (χ4v) is 5.01. The van der Waals surface area contributed by atoms with E-state index < -0.39 is 11.9 Å². The molecule has 38 heavy (non-hydrogen) atoms. The number of aliphatic hydroxyl groups excluding tert-OH is 2. The van der Waals surface area contributed by atoms with E-state index in [0.29, 0.717) is 0 Å². The number of hydrogen-bond acceptors (Lipinski definition) is 6. The molecule has 3 aromatic heterocycles. The normalized spacial score (nSPS) is 18.3. The van der Waals surface area contributed by atoms with Crippen molar-refractivity contribution in [3.05, 3.63) is 60.1 Å². The molecular formula is C27H31FN7O3+. The van der Waals surface area contributed by atoms with E-state index in [2.05, 4.69) is 30.0 Å². The van der Waals surface area contributed by atoms with Crippen LogP contribution in [0, 0.1) is 12.4 Å². The maximum absolute atomic E-state index is 14.5. The molecule has 0 saturated heterocycles. The van der Waals surface area contributed by atoms with Crippen LogP contribution in [0.25, 0.3) is 27.0 Å². The number of nitrogens with zero attached hydrogens (tertiary/aromatic N) is 5. The fraction of sp³-hybridized carbons (Fsp3) is 0.407. The van der Waals surface area contributed by atoms with Crippen molar-refractivity contribution in [3.63, 3.8) is 0 Å². The summed E-state index contributed by atoms with van der Waals surface area (Å²) in [5.74, 6) is 0.314. The van der Waals surface area contributed by atoms with Crippen LogP contribution in [0.15, 0.2) is 42.9 Å². The van der Waals surface area contributed by atoms with Crippen LogP contribution < -0.4 is 14.7 Å². The molecule has 1 atom stereocenters. The molecule has 0 bridgehead atoms. The van der Waals surface area contributed by atoms with E-state index in [1.165, 1.54) is 6.07 Å². The van der Waals surface area contributed by atoms with Gasteiger partial charge in [-0.2, -0.15) is 10.2 Å². The zero-order valence-corrected chi connectivity index (χ0v) is 21.1. The van der Waals surface area contributed by atoms with Gasteiger partial charge < -0.3 is 20.3 Å². The molecule has 5 rings (SSSR count). The molecule has 1 aromatic carbocycles. The standard InChI is InChI=1S/C27H30FN7O3/c1-3-30-25-11-23-21(13-31-25)27(17-12-32-34(14-17)15-19(37)16-36)33-35(23)18-7-9-20(10-8-18)38-24-6-4-5-22(29-2)26(24)28/h4-6,11-14,18-20,36-37H,3,7-10,15-16H2,1H3,(H,30,31,33)/p+1/t18?,19-,20?/m0/s1. The summed E-state index contributed by atoms with van der Waals surface area (Å²) in [4.78, 5) is 7.79. The lowest BCUT2D eigenvalue weighted by Crippen LogP contribution is -2.44. The largest absolute Gasteiger partial charge is 0.489 e. The van der Waals surface area contributed by atoms with E-state index in [0.717, 1.165) is 60.2 Å². The highest BCUT2D eigenvalue weighted by Gasteiger charge is 2.33. The number of rotatable bonds is 9. The monoisotopic (exact) mass is 520 g/mol. The van der Waals surface area contributed by atoms with Gasteiger partial charge in [-0.3, -0.25) is 4.68 Å². The number of ether oxygens (including phenoxy) is 1. The molecule has 0 amide bonds. The minimum Gasteiger partial charge on any atom is -0.489 e. The molecule has 4 N–H and O–H groups in total. The van der Waals surface area contributed by atoms with Gasteiger partial charge in [-0.05, 0) is 25.8 Å². The number of H-pyrrole nitrogens is 1. The third-order valence-electron chi connectivity index (χ3n) is 6.90. The Balaban J connectivity index is 1.39. The van der Waals surface area contributed by atoms with Crippen molar-refractivity contribution in [2.24, 2.45) is 0 Å². The van der Waals surface area contributed by atoms with Crippen LogP contribution in [0.5, 0.6) is 5.75 Å². The summed E-state index contributed by atoms with van der Waals surface area (Å²) in [6, 6.07) is 6.87. The maximum Gasteiger partial charge on any atom is 0.244 e. The zero-order valence-electron chi connectivity index (χ0n) is 21.1. The van der Waals surface area contributed by atoms with Crippen LogP contribution in [0.4, 0.5) is 15.9 Å². The van der Waals surface area contributed by atoms with E-state index in [4.69, 9.17) is 16.4 Å². The average molecular weight is 521 g/mol. The summed E-state index contributed by atoms with van der Waals surface area (Å²) < 4.78 is 24.2. The van der Waals surface area contributed by atoms with Gasteiger partial charge in [-0.1, -0.05) is 12.1 Å². The molecule has 11 heteroatoms. The highest BCUT2D eigenvalue weighted by atomic mass is 19.1. The molecule has 0 unspecified atom stereocenters. The molecule has 0 radical (unpaired) electrons. The number of halogens is 1. The Kier molecular flexibility index (Phi) is 7.53. The molecule has 10 nitrogen and oxygen atoms in total. The second-order valence-electron chi connectivity index (χ2n) is 9.51. The number of benzene rings is 1. The van der Waals surface area contributed by atoms with Gasteiger partial charge in [0, 0.05) is 37.3 Å². The number of fused-ring (bicyclic) bond motifs is 1. The molecule has 4 aromatic rings. The number of hydrogen-bond donors (Lipinski definition) is 4. The number of anilines is 1. The van der Waals surface area contributed by atoms with Gasteiger partial charge in [0.05, 0.1) is 49.6 Å². The minimum atomic E-state index is -0.882. The highest BCUT2D eigenvalue weighted by molar-refractivity contribution is 5.91. The Bertz CT molecular complexity index is 1450. The quantitative estimate of drug-likeness (QED) is 0.197. The Morgan fingerprint density at radius 1 is 1.32 bits per heavy atom. The topological polar surface area (TPSA) is 116 Å². The molecule has 1 aliphatic carbocycles. The van der Waals surface area contributed by atoms with Crippen molar-refractivity contribution in [1.82, 2.24) is 19.9 Å². The van der Waals surface area contributed by atoms with Crippen LogP contribution in [-0.4, -0.2) is 55.4 Å². The molecule has 0 spiro atoms. The van der Waals surface area contributed by atoms with Crippen LogP contribution in [-0.2, 0) is 6.54 Å². The number of aromatic amines is 1. The molecule has 0 aliphatic heterocycles. The minimum absolute atomic E-state index is 0.0311. The number of aromatic nitrogens is 5. The third kappa shape index (κ3) is 5.18. The molecule has 1 aliphatic rings. The molecule has 1 saturated carbocycles. The van der Waals surface area contributed by atoms with Crippen molar-refractivity contribution in [2.75, 3.05) is 18.5 Å². The summed E-state index contributed by atoms with van der Waals surface area (Å²) in [6.07, 6.45) is 7.56. The van der Waals surface area contributed by atoms with Gasteiger partial charge in [-0.15, -0.1) is 4.68 Å². The predicted molar refractivity (Wildman–Crippen MR) is 139 cm³/mol. The summed E-state index contributed by atoms with van der Waals surface area (Å²) in [7, 11) is 0. The first kappa shape index (κ1) is 25.6. The van der Waals surface area contributed by atoms with E-state index in [-0.39, 0.29) is 36.7 Å². The summed E-state index contributed by atoms with van der Waals surface area (Å²) in [6.45, 7) is 9.76. The van der Waals surface area contributed by atoms with Gasteiger partial charge in [-0.25, -0.2) is 14.2 Å². The van der Waals surface area contributed by atoms with Gasteiger partial charge in [0.1, 0.15) is 17.3 Å². The van der Waals surface area contributed by atoms with E-state index >= 15 is 0 Å². The average Bonchev–Trinajstić information content (AvgIpc) is 3.55.